The van der Waals surface area contributed by atoms with Gasteiger partial charge in [-0.15, -0.1) is 0 Å². The predicted molar refractivity (Wildman–Crippen MR) is 156 cm³/mol. The average Bonchev–Trinajstić information content (AvgIpc) is 2.94. The Morgan fingerprint density at radius 1 is 0.524 bits per heavy atom. The van der Waals surface area contributed by atoms with Gasteiger partial charge < -0.3 is 18.9 Å². The van der Waals surface area contributed by atoms with Crippen LogP contribution in [0.5, 0.6) is 23.0 Å². The second-order valence-corrected chi connectivity index (χ2v) is 9.42. The van der Waals surface area contributed by atoms with Gasteiger partial charge in [0.25, 0.3) is 0 Å². The molecule has 42 heavy (non-hydrogen) atoms. The molecule has 0 atom stereocenters. The molecule has 0 fully saturated rings. The van der Waals surface area contributed by atoms with Gasteiger partial charge in [0.2, 0.25) is 5.75 Å². The zero-order chi connectivity index (χ0) is 31.3. The Labute approximate surface area is 242 Å². The van der Waals surface area contributed by atoms with Crippen molar-refractivity contribution in [3.8, 4) is 23.0 Å². The summed E-state index contributed by atoms with van der Waals surface area (Å²) < 4.78 is 22.3. The number of carbonyl (C=O) groups is 5. The van der Waals surface area contributed by atoms with Gasteiger partial charge in [0, 0.05) is 33.2 Å². The molecule has 3 rings (SSSR count). The van der Waals surface area contributed by atoms with Crippen molar-refractivity contribution in [3.05, 3.63) is 108 Å². The van der Waals surface area contributed by atoms with E-state index in [9.17, 15) is 24.0 Å². The van der Waals surface area contributed by atoms with Crippen LogP contribution in [0.15, 0.2) is 97.1 Å². The number of benzene rings is 3. The van der Waals surface area contributed by atoms with Crippen molar-refractivity contribution in [2.45, 2.75) is 27.7 Å². The summed E-state index contributed by atoms with van der Waals surface area (Å²) in [7, 11) is 0. The average molecular weight is 569 g/mol. The highest BCUT2D eigenvalue weighted by molar-refractivity contribution is 6.22. The molecule has 0 aliphatic carbocycles. The Hall–Kier alpha value is -5.57. The minimum absolute atomic E-state index is 0.0401. The molecular weight excluding hydrogens is 540 g/mol. The molecule has 214 valence electrons. The van der Waals surface area contributed by atoms with E-state index in [2.05, 4.69) is 26.3 Å². The van der Waals surface area contributed by atoms with E-state index in [0.29, 0.717) is 0 Å². The molecule has 0 spiro atoms. The lowest BCUT2D eigenvalue weighted by molar-refractivity contribution is -0.133. The zero-order valence-corrected chi connectivity index (χ0v) is 23.6. The molecule has 3 aromatic rings. The van der Waals surface area contributed by atoms with Gasteiger partial charge in [-0.2, -0.15) is 0 Å². The van der Waals surface area contributed by atoms with Crippen LogP contribution in [0.4, 0.5) is 0 Å². The molecule has 9 nitrogen and oxygen atoms in total. The molecule has 0 aliphatic heterocycles. The maximum atomic E-state index is 14.1. The first-order valence-electron chi connectivity index (χ1n) is 12.5. The van der Waals surface area contributed by atoms with Gasteiger partial charge in [-0.1, -0.05) is 68.8 Å². The van der Waals surface area contributed by atoms with Crippen LogP contribution in [-0.2, 0) is 19.2 Å². The third kappa shape index (κ3) is 6.59. The Morgan fingerprint density at radius 2 is 0.976 bits per heavy atom. The van der Waals surface area contributed by atoms with Gasteiger partial charge in [0.1, 0.15) is 5.75 Å². The molecule has 9 heteroatoms. The smallest absolute Gasteiger partial charge is 0.338 e. The highest BCUT2D eigenvalue weighted by Gasteiger charge is 2.34. The molecule has 0 radical (unpaired) electrons. The van der Waals surface area contributed by atoms with E-state index >= 15 is 0 Å². The lowest BCUT2D eigenvalue weighted by Crippen LogP contribution is -2.19. The van der Waals surface area contributed by atoms with Crippen LogP contribution in [-0.4, -0.2) is 29.7 Å². The van der Waals surface area contributed by atoms with Gasteiger partial charge in [-0.05, 0) is 33.8 Å². The fraction of sp³-hybridized carbons (Fsp3) is 0.121. The molecule has 0 saturated carbocycles. The quantitative estimate of drug-likeness (QED) is 0.125. The Balaban J connectivity index is 2.63. The summed E-state index contributed by atoms with van der Waals surface area (Å²) in [6, 6.07) is 12.3. The van der Waals surface area contributed by atoms with Crippen molar-refractivity contribution < 1.29 is 42.9 Å². The van der Waals surface area contributed by atoms with Crippen LogP contribution in [0.1, 0.15) is 43.6 Å². The van der Waals surface area contributed by atoms with E-state index < -0.39 is 46.9 Å². The van der Waals surface area contributed by atoms with Crippen LogP contribution < -0.4 is 18.9 Å². The summed E-state index contributed by atoms with van der Waals surface area (Å²) in [4.78, 5) is 65.3. The summed E-state index contributed by atoms with van der Waals surface area (Å²) in [5.74, 6) is -6.19. The summed E-state index contributed by atoms with van der Waals surface area (Å²) in [5, 5.41) is -0.0688. The van der Waals surface area contributed by atoms with Crippen LogP contribution in [0.3, 0.4) is 0 Å². The van der Waals surface area contributed by atoms with E-state index in [1.165, 1.54) is 58.0 Å². The molecule has 0 aromatic heterocycles. The van der Waals surface area contributed by atoms with Crippen LogP contribution in [0, 0.1) is 0 Å². The molecular formula is C33H28O9. The summed E-state index contributed by atoms with van der Waals surface area (Å²) in [5.41, 5.74) is -0.175. The largest absolute Gasteiger partial charge is 0.422 e. The molecule has 0 amide bonds. The maximum absolute atomic E-state index is 14.1. The molecule has 0 heterocycles. The highest BCUT2D eigenvalue weighted by atomic mass is 16.6. The minimum atomic E-state index is -0.996. The molecule has 0 aliphatic rings. The second kappa shape index (κ2) is 12.7. The monoisotopic (exact) mass is 568 g/mol. The topological polar surface area (TPSA) is 122 Å². The fourth-order valence-corrected chi connectivity index (χ4v) is 3.48. The second-order valence-electron chi connectivity index (χ2n) is 9.42. The number of esters is 4. The van der Waals surface area contributed by atoms with Gasteiger partial charge in [-0.3, -0.25) is 4.79 Å². The normalized spacial score (nSPS) is 10.3. The van der Waals surface area contributed by atoms with Crippen LogP contribution >= 0.6 is 0 Å². The molecule has 0 saturated heterocycles. The van der Waals surface area contributed by atoms with Crippen molar-refractivity contribution in [1.82, 2.24) is 0 Å². The first-order valence-corrected chi connectivity index (χ1v) is 12.5. The molecule has 0 bridgehead atoms. The summed E-state index contributed by atoms with van der Waals surface area (Å²) in [6.07, 6.45) is 0. The number of fused-ring (bicyclic) bond motifs is 1. The van der Waals surface area contributed by atoms with Gasteiger partial charge in [0.15, 0.2) is 17.3 Å². The predicted octanol–water partition coefficient (Wildman–Crippen LogP) is 6.00. The lowest BCUT2D eigenvalue weighted by Gasteiger charge is -2.22. The van der Waals surface area contributed by atoms with Crippen molar-refractivity contribution in [3.63, 3.8) is 0 Å². The fourth-order valence-electron chi connectivity index (χ4n) is 3.48. The molecule has 0 unspecified atom stereocenters. The summed E-state index contributed by atoms with van der Waals surface area (Å²) >= 11 is 0. The number of hydrogen-bond donors (Lipinski definition) is 0. The van der Waals surface area contributed by atoms with E-state index in [0.717, 1.165) is 0 Å². The number of carbonyl (C=O) groups excluding carboxylic acids is 5. The van der Waals surface area contributed by atoms with Crippen LogP contribution in [0.2, 0.25) is 0 Å². The molecule has 0 N–H and O–H groups in total. The summed E-state index contributed by atoms with van der Waals surface area (Å²) in [6.45, 7) is 19.8. The third-order valence-corrected chi connectivity index (χ3v) is 5.61. The molecule has 3 aromatic carbocycles. The zero-order valence-electron chi connectivity index (χ0n) is 23.6. The standard InChI is InChI=1S/C33H28O9/c1-17(2)30(35)39-23-16-12-15-22-24(23)27(40-31(36)18(3)4)29(42-33(38)20(7)8)28(41-32(37)19(5)6)25(22)26(34)21-13-10-9-11-14-21/h9-16H,1,3,5,7H2,2,4,6,8H3. The van der Waals surface area contributed by atoms with Crippen molar-refractivity contribution in [2.75, 3.05) is 0 Å². The first kappa shape index (κ1) is 31.0. The number of ketones is 1. The highest BCUT2D eigenvalue weighted by Crippen LogP contribution is 2.51. The van der Waals surface area contributed by atoms with E-state index in [1.54, 1.807) is 18.2 Å². The maximum Gasteiger partial charge on any atom is 0.338 e. The number of hydrogen-bond acceptors (Lipinski definition) is 9. The van der Waals surface area contributed by atoms with E-state index in [4.69, 9.17) is 18.9 Å². The van der Waals surface area contributed by atoms with Crippen molar-refractivity contribution in [1.29, 1.82) is 0 Å². The number of ether oxygens (including phenoxy) is 4. The third-order valence-electron chi connectivity index (χ3n) is 5.61. The Morgan fingerprint density at radius 3 is 1.48 bits per heavy atom. The SMILES string of the molecule is C=C(C)C(=O)Oc1c(OC(=O)C(=C)C)c(OC(=O)C(=C)C)c2c(OC(=O)C(=C)C)cccc2c1C(=O)c1ccccc1. The van der Waals surface area contributed by atoms with Crippen molar-refractivity contribution >= 4 is 40.4 Å². The number of rotatable bonds is 10. The van der Waals surface area contributed by atoms with Crippen LogP contribution in [0.25, 0.3) is 10.8 Å². The first-order chi connectivity index (χ1) is 19.7. The van der Waals surface area contributed by atoms with Crippen molar-refractivity contribution in [2.24, 2.45) is 0 Å². The Kier molecular flexibility index (Phi) is 9.39. The van der Waals surface area contributed by atoms with Gasteiger partial charge in [0.05, 0.1) is 10.9 Å². The lowest BCUT2D eigenvalue weighted by atomic mass is 9.94. The van der Waals surface area contributed by atoms with E-state index in [-0.39, 0.29) is 49.9 Å². The van der Waals surface area contributed by atoms with E-state index in [1.807, 2.05) is 0 Å². The van der Waals surface area contributed by atoms with Gasteiger partial charge in [-0.25, -0.2) is 19.2 Å². The Bertz CT molecular complexity index is 1710. The van der Waals surface area contributed by atoms with Gasteiger partial charge >= 0.3 is 23.9 Å². The minimum Gasteiger partial charge on any atom is -0.422 e.